The number of aromatic nitrogens is 1. The van der Waals surface area contributed by atoms with Crippen molar-refractivity contribution >= 4 is 37.3 Å². The molecule has 1 N–H and O–H groups in total. The van der Waals surface area contributed by atoms with Gasteiger partial charge in [-0.25, -0.2) is 13.4 Å². The van der Waals surface area contributed by atoms with Crippen LogP contribution in [0.4, 0.5) is 0 Å². The summed E-state index contributed by atoms with van der Waals surface area (Å²) in [5.41, 5.74) is 0.781. The third-order valence-corrected chi connectivity index (χ3v) is 7.29. The van der Waals surface area contributed by atoms with E-state index in [1.54, 1.807) is 0 Å². The number of rotatable bonds is 6. The first-order valence-corrected chi connectivity index (χ1v) is 10.4. The predicted molar refractivity (Wildman–Crippen MR) is 93.7 cm³/mol. The van der Waals surface area contributed by atoms with Crippen LogP contribution >= 0.6 is 11.3 Å². The molecule has 0 radical (unpaired) electrons. The lowest BCUT2D eigenvalue weighted by Gasteiger charge is -2.15. The van der Waals surface area contributed by atoms with Gasteiger partial charge < -0.3 is 10.1 Å². The van der Waals surface area contributed by atoms with Gasteiger partial charge in [0, 0.05) is 13.2 Å². The molecule has 6 nitrogen and oxygen atoms in total. The Labute approximate surface area is 145 Å². The Balaban J connectivity index is 1.63. The second-order valence-electron chi connectivity index (χ2n) is 5.90. The standard InChI is InChI=1S/C16H20N2O4S2/c1-11(16(19)17-9-12-5-4-8-22-12)24(20,21)10-15-18-13-6-2-3-7-14(13)23-15/h2-3,6-7,11-12H,4-5,8-10H2,1H3,(H,17,19)/t11-,12+/m1/s1. The van der Waals surface area contributed by atoms with E-state index in [-0.39, 0.29) is 11.9 Å². The fourth-order valence-corrected chi connectivity index (χ4v) is 5.16. The third kappa shape index (κ3) is 3.93. The van der Waals surface area contributed by atoms with Crippen molar-refractivity contribution in [2.45, 2.75) is 36.9 Å². The maximum atomic E-state index is 12.5. The highest BCUT2D eigenvalue weighted by molar-refractivity contribution is 7.92. The number of thiazole rings is 1. The molecule has 8 heteroatoms. The predicted octanol–water partition coefficient (Wildman–Crippen LogP) is 1.89. The van der Waals surface area contributed by atoms with Gasteiger partial charge in [0.05, 0.1) is 16.3 Å². The van der Waals surface area contributed by atoms with Crippen LogP contribution in [0.25, 0.3) is 10.2 Å². The molecule has 0 aliphatic carbocycles. The zero-order chi connectivity index (χ0) is 17.2. The zero-order valence-corrected chi connectivity index (χ0v) is 15.0. The van der Waals surface area contributed by atoms with E-state index in [2.05, 4.69) is 10.3 Å². The number of hydrogen-bond acceptors (Lipinski definition) is 6. The average Bonchev–Trinajstić information content (AvgIpc) is 3.19. The summed E-state index contributed by atoms with van der Waals surface area (Å²) >= 11 is 1.35. The molecule has 1 fully saturated rings. The lowest BCUT2D eigenvalue weighted by Crippen LogP contribution is -2.41. The van der Waals surface area contributed by atoms with Gasteiger partial charge in [-0.05, 0) is 31.9 Å². The third-order valence-electron chi connectivity index (χ3n) is 4.10. The Morgan fingerprint density at radius 2 is 2.25 bits per heavy atom. The van der Waals surface area contributed by atoms with Crippen LogP contribution in [-0.4, -0.2) is 43.8 Å². The summed E-state index contributed by atoms with van der Waals surface area (Å²) in [6.45, 7) is 2.49. The number of ether oxygens (including phenoxy) is 1. The minimum atomic E-state index is -3.61. The van der Waals surface area contributed by atoms with E-state index in [4.69, 9.17) is 4.74 Å². The second-order valence-corrected chi connectivity index (χ2v) is 9.34. The van der Waals surface area contributed by atoms with Gasteiger partial charge in [-0.2, -0.15) is 0 Å². The fourth-order valence-electron chi connectivity index (χ4n) is 2.61. The van der Waals surface area contributed by atoms with Gasteiger partial charge >= 0.3 is 0 Å². The lowest BCUT2D eigenvalue weighted by atomic mass is 10.2. The summed E-state index contributed by atoms with van der Waals surface area (Å²) in [4.78, 5) is 16.5. The molecule has 0 unspecified atom stereocenters. The first-order chi connectivity index (χ1) is 11.5. The summed E-state index contributed by atoms with van der Waals surface area (Å²) in [7, 11) is -3.61. The summed E-state index contributed by atoms with van der Waals surface area (Å²) in [6.07, 6.45) is 1.87. The van der Waals surface area contributed by atoms with Gasteiger partial charge in [-0.1, -0.05) is 12.1 Å². The maximum absolute atomic E-state index is 12.5. The van der Waals surface area contributed by atoms with E-state index in [0.29, 0.717) is 18.2 Å². The Kier molecular flexibility index (Phi) is 5.17. The van der Waals surface area contributed by atoms with Gasteiger partial charge in [0.25, 0.3) is 0 Å². The van der Waals surface area contributed by atoms with Crippen molar-refractivity contribution in [2.24, 2.45) is 0 Å². The average molecular weight is 368 g/mol. The van der Waals surface area contributed by atoms with Crippen LogP contribution in [0.5, 0.6) is 0 Å². The van der Waals surface area contributed by atoms with Crippen LogP contribution < -0.4 is 5.32 Å². The SMILES string of the molecule is C[C@H](C(=O)NC[C@@H]1CCCO1)S(=O)(=O)Cc1nc2ccccc2s1. The monoisotopic (exact) mass is 368 g/mol. The van der Waals surface area contributed by atoms with Gasteiger partial charge in [0.15, 0.2) is 9.84 Å². The van der Waals surface area contributed by atoms with Crippen molar-refractivity contribution in [3.05, 3.63) is 29.3 Å². The van der Waals surface area contributed by atoms with E-state index in [1.807, 2.05) is 24.3 Å². The van der Waals surface area contributed by atoms with Gasteiger partial charge in [-0.15, -0.1) is 11.3 Å². The normalized spacial score (nSPS) is 19.5. The molecule has 0 spiro atoms. The quantitative estimate of drug-likeness (QED) is 0.842. The summed E-state index contributed by atoms with van der Waals surface area (Å²) in [5.74, 6) is -0.701. The highest BCUT2D eigenvalue weighted by Crippen LogP contribution is 2.24. The van der Waals surface area contributed by atoms with Crippen molar-refractivity contribution in [1.29, 1.82) is 0 Å². The van der Waals surface area contributed by atoms with Gasteiger partial charge in [0.2, 0.25) is 5.91 Å². The number of para-hydroxylation sites is 1. The minimum absolute atomic E-state index is 0.00637. The van der Waals surface area contributed by atoms with Crippen molar-refractivity contribution < 1.29 is 17.9 Å². The number of amides is 1. The molecule has 24 heavy (non-hydrogen) atoms. The smallest absolute Gasteiger partial charge is 0.238 e. The number of sulfone groups is 1. The van der Waals surface area contributed by atoms with Crippen LogP contribution in [0.1, 0.15) is 24.8 Å². The summed E-state index contributed by atoms with van der Waals surface area (Å²) in [6, 6.07) is 7.50. The summed E-state index contributed by atoms with van der Waals surface area (Å²) in [5, 5.41) is 2.09. The molecule has 130 valence electrons. The van der Waals surface area contributed by atoms with Crippen molar-refractivity contribution in [1.82, 2.24) is 10.3 Å². The molecule has 1 aliphatic heterocycles. The molecule has 2 atom stereocenters. The molecule has 0 saturated carbocycles. The molecule has 1 aromatic carbocycles. The first kappa shape index (κ1) is 17.3. The largest absolute Gasteiger partial charge is 0.376 e. The van der Waals surface area contributed by atoms with E-state index in [1.165, 1.54) is 18.3 Å². The Bertz CT molecular complexity index is 792. The topological polar surface area (TPSA) is 85.4 Å². The number of nitrogens with zero attached hydrogens (tertiary/aromatic N) is 1. The minimum Gasteiger partial charge on any atom is -0.376 e. The highest BCUT2D eigenvalue weighted by Gasteiger charge is 2.30. The molecule has 1 amide bonds. The molecule has 1 aliphatic rings. The highest BCUT2D eigenvalue weighted by atomic mass is 32.2. The maximum Gasteiger partial charge on any atom is 0.238 e. The van der Waals surface area contributed by atoms with Crippen LogP contribution in [0, 0.1) is 0 Å². The van der Waals surface area contributed by atoms with E-state index in [9.17, 15) is 13.2 Å². The van der Waals surface area contributed by atoms with Crippen molar-refractivity contribution in [3.63, 3.8) is 0 Å². The van der Waals surface area contributed by atoms with E-state index in [0.717, 1.165) is 23.1 Å². The second kappa shape index (κ2) is 7.16. The fraction of sp³-hybridized carbons (Fsp3) is 0.500. The van der Waals surface area contributed by atoms with Crippen LogP contribution in [0.15, 0.2) is 24.3 Å². The number of carbonyl (C=O) groups excluding carboxylic acids is 1. The van der Waals surface area contributed by atoms with Gasteiger partial charge in [-0.3, -0.25) is 4.79 Å². The Hall–Kier alpha value is -1.51. The van der Waals surface area contributed by atoms with Crippen LogP contribution in [-0.2, 0) is 25.1 Å². The summed E-state index contributed by atoms with van der Waals surface area (Å²) < 4.78 is 31.3. The van der Waals surface area contributed by atoms with E-state index < -0.39 is 21.0 Å². The van der Waals surface area contributed by atoms with Crippen molar-refractivity contribution in [3.8, 4) is 0 Å². The van der Waals surface area contributed by atoms with Gasteiger partial charge in [0.1, 0.15) is 16.0 Å². The molecule has 1 saturated heterocycles. The number of fused-ring (bicyclic) bond motifs is 1. The molecule has 2 aromatic rings. The number of hydrogen-bond donors (Lipinski definition) is 1. The molecule has 2 heterocycles. The Morgan fingerprint density at radius 1 is 1.46 bits per heavy atom. The van der Waals surface area contributed by atoms with Crippen molar-refractivity contribution in [2.75, 3.05) is 13.2 Å². The zero-order valence-electron chi connectivity index (χ0n) is 13.4. The first-order valence-electron chi connectivity index (χ1n) is 7.91. The molecule has 1 aromatic heterocycles. The molecular formula is C16H20N2O4S2. The lowest BCUT2D eigenvalue weighted by molar-refractivity contribution is -0.120. The number of carbonyl (C=O) groups is 1. The number of nitrogens with one attached hydrogen (secondary N) is 1. The van der Waals surface area contributed by atoms with E-state index >= 15 is 0 Å². The molecule has 0 bridgehead atoms. The number of benzene rings is 1. The molecular weight excluding hydrogens is 348 g/mol. The Morgan fingerprint density at radius 3 is 2.96 bits per heavy atom. The van der Waals surface area contributed by atoms with Crippen LogP contribution in [0.2, 0.25) is 0 Å². The molecule has 3 rings (SSSR count). The van der Waals surface area contributed by atoms with Crippen LogP contribution in [0.3, 0.4) is 0 Å².